The Morgan fingerprint density at radius 3 is 2.47 bits per heavy atom. The van der Waals surface area contributed by atoms with Gasteiger partial charge in [0.1, 0.15) is 0 Å². The maximum Gasteiger partial charge on any atom is 0.236 e. The number of carbonyl (C=O) groups is 1. The zero-order valence-corrected chi connectivity index (χ0v) is 12.8. The molecule has 0 aromatic heterocycles. The predicted molar refractivity (Wildman–Crippen MR) is 80.5 cm³/mol. The molecule has 4 nitrogen and oxygen atoms in total. The molecule has 2 rings (SSSR count). The molecule has 1 atom stereocenters. The SMILES string of the molecule is CCC1CCCCN1C(=O)CN1CCC(N)CC1.Cl. The summed E-state index contributed by atoms with van der Waals surface area (Å²) in [5, 5.41) is 0. The van der Waals surface area contributed by atoms with Crippen molar-refractivity contribution in [1.82, 2.24) is 9.80 Å². The lowest BCUT2D eigenvalue weighted by molar-refractivity contribution is -0.136. The second-order valence-corrected chi connectivity index (χ2v) is 5.76. The fourth-order valence-electron chi connectivity index (χ4n) is 3.15. The lowest BCUT2D eigenvalue weighted by Crippen LogP contribution is -2.50. The molecule has 0 aromatic carbocycles. The Balaban J connectivity index is 0.00000180. The van der Waals surface area contributed by atoms with Gasteiger partial charge >= 0.3 is 0 Å². The monoisotopic (exact) mass is 289 g/mol. The standard InChI is InChI=1S/C14H27N3O.ClH/c1-2-13-5-3-4-8-17(13)14(18)11-16-9-6-12(15)7-10-16;/h12-13H,2-11,15H2,1H3;1H. The van der Waals surface area contributed by atoms with Crippen molar-refractivity contribution >= 4 is 18.3 Å². The molecule has 1 amide bonds. The van der Waals surface area contributed by atoms with Crippen molar-refractivity contribution in [3.05, 3.63) is 0 Å². The van der Waals surface area contributed by atoms with Gasteiger partial charge in [-0.15, -0.1) is 12.4 Å². The largest absolute Gasteiger partial charge is 0.339 e. The first-order valence-corrected chi connectivity index (χ1v) is 7.48. The molecule has 19 heavy (non-hydrogen) atoms. The lowest BCUT2D eigenvalue weighted by Gasteiger charge is -2.37. The topological polar surface area (TPSA) is 49.6 Å². The highest BCUT2D eigenvalue weighted by molar-refractivity contribution is 5.85. The van der Waals surface area contributed by atoms with Crippen molar-refractivity contribution < 1.29 is 4.79 Å². The quantitative estimate of drug-likeness (QED) is 0.859. The van der Waals surface area contributed by atoms with Gasteiger partial charge in [-0.3, -0.25) is 9.69 Å². The van der Waals surface area contributed by atoms with Crippen LogP contribution in [0.4, 0.5) is 0 Å². The highest BCUT2D eigenvalue weighted by Gasteiger charge is 2.27. The van der Waals surface area contributed by atoms with Gasteiger partial charge in [-0.2, -0.15) is 0 Å². The molecule has 2 aliphatic rings. The van der Waals surface area contributed by atoms with Gasteiger partial charge in [0, 0.05) is 31.7 Å². The van der Waals surface area contributed by atoms with Crippen molar-refractivity contribution in [2.75, 3.05) is 26.2 Å². The molecule has 1 unspecified atom stereocenters. The van der Waals surface area contributed by atoms with Gasteiger partial charge in [-0.25, -0.2) is 0 Å². The van der Waals surface area contributed by atoms with Crippen LogP contribution in [0.2, 0.25) is 0 Å². The van der Waals surface area contributed by atoms with Crippen molar-refractivity contribution in [3.63, 3.8) is 0 Å². The Labute approximate surface area is 123 Å². The average molecular weight is 290 g/mol. The van der Waals surface area contributed by atoms with E-state index in [1.807, 2.05) is 0 Å². The zero-order chi connectivity index (χ0) is 13.0. The van der Waals surface area contributed by atoms with Crippen LogP contribution in [0.1, 0.15) is 45.4 Å². The van der Waals surface area contributed by atoms with E-state index >= 15 is 0 Å². The Morgan fingerprint density at radius 1 is 1.16 bits per heavy atom. The molecule has 0 radical (unpaired) electrons. The van der Waals surface area contributed by atoms with Crippen LogP contribution in [-0.4, -0.2) is 54.0 Å². The van der Waals surface area contributed by atoms with Crippen LogP contribution >= 0.6 is 12.4 Å². The molecule has 2 N–H and O–H groups in total. The molecule has 2 heterocycles. The van der Waals surface area contributed by atoms with Gasteiger partial charge in [-0.05, 0) is 38.5 Å². The van der Waals surface area contributed by atoms with Crippen LogP contribution in [0.3, 0.4) is 0 Å². The van der Waals surface area contributed by atoms with E-state index in [9.17, 15) is 4.79 Å². The Bertz CT molecular complexity index is 280. The van der Waals surface area contributed by atoms with Gasteiger partial charge in [0.15, 0.2) is 0 Å². The first-order valence-electron chi connectivity index (χ1n) is 7.48. The molecule has 5 heteroatoms. The normalized spacial score (nSPS) is 26.0. The number of nitrogens with two attached hydrogens (primary N) is 1. The molecule has 0 saturated carbocycles. The van der Waals surface area contributed by atoms with E-state index in [1.54, 1.807) is 0 Å². The molecule has 2 saturated heterocycles. The molecule has 112 valence electrons. The van der Waals surface area contributed by atoms with E-state index in [0.717, 1.165) is 38.9 Å². The summed E-state index contributed by atoms with van der Waals surface area (Å²) in [6.07, 6.45) is 6.80. The minimum Gasteiger partial charge on any atom is -0.339 e. The van der Waals surface area contributed by atoms with Gasteiger partial charge in [0.25, 0.3) is 0 Å². The molecule has 2 aliphatic heterocycles. The number of piperidine rings is 2. The molecule has 0 aliphatic carbocycles. The summed E-state index contributed by atoms with van der Waals surface area (Å²) < 4.78 is 0. The van der Waals surface area contributed by atoms with Crippen LogP contribution < -0.4 is 5.73 Å². The first-order chi connectivity index (χ1) is 8.70. The number of hydrogen-bond donors (Lipinski definition) is 1. The van der Waals surface area contributed by atoms with E-state index in [0.29, 0.717) is 24.5 Å². The fraction of sp³-hybridized carbons (Fsp3) is 0.929. The Kier molecular flexibility index (Phi) is 7.11. The summed E-state index contributed by atoms with van der Waals surface area (Å²) in [5.41, 5.74) is 5.89. The minimum absolute atomic E-state index is 0. The van der Waals surface area contributed by atoms with E-state index in [1.165, 1.54) is 19.3 Å². The van der Waals surface area contributed by atoms with Crippen molar-refractivity contribution in [2.45, 2.75) is 57.5 Å². The highest BCUT2D eigenvalue weighted by atomic mass is 35.5. The van der Waals surface area contributed by atoms with Crippen molar-refractivity contribution in [2.24, 2.45) is 5.73 Å². The summed E-state index contributed by atoms with van der Waals surface area (Å²) >= 11 is 0. The van der Waals surface area contributed by atoms with Gasteiger partial charge in [-0.1, -0.05) is 6.92 Å². The van der Waals surface area contributed by atoms with E-state index in [4.69, 9.17) is 5.73 Å². The fourth-order valence-corrected chi connectivity index (χ4v) is 3.15. The molecular formula is C14H28ClN3O. The number of rotatable bonds is 3. The number of hydrogen-bond acceptors (Lipinski definition) is 3. The predicted octanol–water partition coefficient (Wildman–Crippen LogP) is 1.62. The summed E-state index contributed by atoms with van der Waals surface area (Å²) in [6, 6.07) is 0.827. The number of carbonyl (C=O) groups excluding carboxylic acids is 1. The maximum atomic E-state index is 12.4. The summed E-state index contributed by atoms with van der Waals surface area (Å²) in [4.78, 5) is 16.8. The second kappa shape index (κ2) is 8.08. The smallest absolute Gasteiger partial charge is 0.236 e. The number of halogens is 1. The Morgan fingerprint density at radius 2 is 1.84 bits per heavy atom. The highest BCUT2D eigenvalue weighted by Crippen LogP contribution is 2.20. The lowest BCUT2D eigenvalue weighted by atomic mass is 9.99. The number of amides is 1. The third-order valence-electron chi connectivity index (χ3n) is 4.41. The maximum absolute atomic E-state index is 12.4. The number of likely N-dealkylation sites (tertiary alicyclic amines) is 2. The molecule has 2 fully saturated rings. The summed E-state index contributed by atoms with van der Waals surface area (Å²) in [6.45, 7) is 5.72. The second-order valence-electron chi connectivity index (χ2n) is 5.76. The summed E-state index contributed by atoms with van der Waals surface area (Å²) in [5.74, 6) is 0.331. The minimum atomic E-state index is 0. The molecule has 0 aromatic rings. The van der Waals surface area contributed by atoms with E-state index < -0.39 is 0 Å². The van der Waals surface area contributed by atoms with Crippen LogP contribution in [-0.2, 0) is 4.79 Å². The Hall–Kier alpha value is -0.320. The van der Waals surface area contributed by atoms with Crippen molar-refractivity contribution in [1.29, 1.82) is 0 Å². The van der Waals surface area contributed by atoms with E-state index in [-0.39, 0.29) is 12.4 Å². The van der Waals surface area contributed by atoms with Gasteiger partial charge in [0.2, 0.25) is 5.91 Å². The van der Waals surface area contributed by atoms with Crippen LogP contribution in [0.15, 0.2) is 0 Å². The summed E-state index contributed by atoms with van der Waals surface area (Å²) in [7, 11) is 0. The molecule has 0 spiro atoms. The third kappa shape index (κ3) is 4.62. The van der Waals surface area contributed by atoms with Crippen molar-refractivity contribution in [3.8, 4) is 0 Å². The van der Waals surface area contributed by atoms with E-state index in [2.05, 4.69) is 16.7 Å². The van der Waals surface area contributed by atoms with Gasteiger partial charge < -0.3 is 10.6 Å². The molecule has 0 bridgehead atoms. The third-order valence-corrected chi connectivity index (χ3v) is 4.41. The first kappa shape index (κ1) is 16.7. The van der Waals surface area contributed by atoms with Crippen LogP contribution in [0.25, 0.3) is 0 Å². The van der Waals surface area contributed by atoms with Crippen LogP contribution in [0, 0.1) is 0 Å². The molecular weight excluding hydrogens is 262 g/mol. The average Bonchev–Trinajstić information content (AvgIpc) is 2.41. The van der Waals surface area contributed by atoms with Crippen LogP contribution in [0.5, 0.6) is 0 Å². The zero-order valence-electron chi connectivity index (χ0n) is 12.0. The number of nitrogens with zero attached hydrogens (tertiary/aromatic N) is 2. The van der Waals surface area contributed by atoms with Gasteiger partial charge in [0.05, 0.1) is 6.54 Å².